The van der Waals surface area contributed by atoms with Crippen LogP contribution in [-0.4, -0.2) is 168 Å². The summed E-state index contributed by atoms with van der Waals surface area (Å²) < 4.78 is 55.3. The first-order valence-corrected chi connectivity index (χ1v) is 40.2. The van der Waals surface area contributed by atoms with Gasteiger partial charge in [0.05, 0.1) is 192 Å². The first-order chi connectivity index (χ1) is 53.5. The lowest BCUT2D eigenvalue weighted by Crippen LogP contribution is -2.32. The molecule has 0 aromatic carbocycles. The van der Waals surface area contributed by atoms with E-state index < -0.39 is 17.0 Å². The van der Waals surface area contributed by atoms with Crippen molar-refractivity contribution in [3.8, 4) is 56.3 Å². The van der Waals surface area contributed by atoms with Crippen molar-refractivity contribution in [3.63, 3.8) is 0 Å². The summed E-state index contributed by atoms with van der Waals surface area (Å²) in [6.45, 7) is 0. The minimum Gasteiger partial charge on any atom is -0.393 e. The average Bonchev–Trinajstić information content (AvgIpc) is 1.63. The maximum absolute atomic E-state index is 14.9. The number of rotatable bonds is 15. The quantitative estimate of drug-likeness (QED) is 0.0502. The number of aliphatic hydroxyl groups is 7. The van der Waals surface area contributed by atoms with Gasteiger partial charge in [-0.2, -0.15) is 0 Å². The van der Waals surface area contributed by atoms with E-state index in [0.29, 0.717) is 109 Å². The molecule has 110 heavy (non-hydrogen) atoms. The van der Waals surface area contributed by atoms with Crippen LogP contribution in [-0.2, 0) is 0 Å². The molecule has 7 atom stereocenters. The fourth-order valence-electron chi connectivity index (χ4n) is 19.4. The lowest BCUT2D eigenvalue weighted by Gasteiger charge is -2.32. The molecule has 5 aliphatic heterocycles. The van der Waals surface area contributed by atoms with Gasteiger partial charge in [0.1, 0.15) is 17.0 Å². The Hall–Kier alpha value is -8.69. The third-order valence-corrected chi connectivity index (χ3v) is 25.8. The summed E-state index contributed by atoms with van der Waals surface area (Å²) in [6.07, 6.45) is 43.5. The van der Waals surface area contributed by atoms with E-state index in [-0.39, 0.29) is 84.8 Å². The molecule has 25 heteroatoms. The molecular formula is C85H102F3N15O7. The number of alkyl halides is 3. The van der Waals surface area contributed by atoms with Crippen LogP contribution in [0, 0.1) is 11.8 Å². The highest BCUT2D eigenvalue weighted by atomic mass is 19.2. The van der Waals surface area contributed by atoms with Gasteiger partial charge in [0.2, 0.25) is 0 Å². The Balaban J connectivity index is 0.000000104. The van der Waals surface area contributed by atoms with Crippen molar-refractivity contribution in [3.05, 3.63) is 183 Å². The normalized spacial score (nSPS) is 29.3. The first-order valence-electron chi connectivity index (χ1n) is 40.2. The first kappa shape index (κ1) is 75.4. The summed E-state index contributed by atoms with van der Waals surface area (Å²) in [4.78, 5) is 43.8. The van der Waals surface area contributed by atoms with Crippen molar-refractivity contribution in [2.24, 2.45) is 11.8 Å². The second kappa shape index (κ2) is 32.6. The third kappa shape index (κ3) is 15.8. The van der Waals surface area contributed by atoms with Gasteiger partial charge in [-0.25, -0.2) is 38.1 Å². The smallest absolute Gasteiger partial charge is 0.111 e. The molecule has 10 aromatic heterocycles. The minimum atomic E-state index is -1.14. The highest BCUT2D eigenvalue weighted by Crippen LogP contribution is 2.49. The number of aromatic nitrogens is 15. The van der Waals surface area contributed by atoms with E-state index in [1.807, 2.05) is 105 Å². The van der Waals surface area contributed by atoms with Crippen LogP contribution in [0.15, 0.2) is 154 Å². The molecule has 0 saturated heterocycles. The molecule has 15 heterocycles. The maximum Gasteiger partial charge on any atom is 0.111 e. The Kier molecular flexibility index (Phi) is 22.3. The SMILES string of the molecule is OC1CCC(C(O)CC2c3ncccc3-c3cncn32)CC1.OC1CCC(C(O)CC2c3ncccc3-c3cncn32)CC1.OC1CCC(F)(CCC2c3ncccc3-c3cncn32)CC1.OC1CCC(F)(CCC2c3ncccc3-c3cncn32)CC1.OC1CCC(F)(CCC2c3ncccc3-c3cncn32)CC1. The van der Waals surface area contributed by atoms with Crippen LogP contribution in [0.4, 0.5) is 13.2 Å². The van der Waals surface area contributed by atoms with E-state index in [0.717, 1.165) is 155 Å². The number of halogens is 3. The number of aliphatic hydroxyl groups excluding tert-OH is 7. The zero-order valence-corrected chi connectivity index (χ0v) is 62.3. The molecule has 0 bridgehead atoms. The summed E-state index contributed by atoms with van der Waals surface area (Å²) in [5.41, 5.74) is 12.7. The van der Waals surface area contributed by atoms with Gasteiger partial charge in [0.25, 0.3) is 0 Å². The van der Waals surface area contributed by atoms with Gasteiger partial charge < -0.3 is 58.6 Å². The number of imidazole rings is 5. The van der Waals surface area contributed by atoms with Gasteiger partial charge in [-0.05, 0) is 239 Å². The van der Waals surface area contributed by atoms with Crippen molar-refractivity contribution in [1.29, 1.82) is 0 Å². The van der Waals surface area contributed by atoms with Gasteiger partial charge >= 0.3 is 0 Å². The summed E-state index contributed by atoms with van der Waals surface area (Å²) in [5.74, 6) is 0.561. The highest BCUT2D eigenvalue weighted by molar-refractivity contribution is 5.70. The molecule has 5 aliphatic carbocycles. The molecule has 5 saturated carbocycles. The standard InChI is InChI=1S/3C17H20FN3O.2C17H21N3O2/c3*18-17(6-3-12(22)4-7-17)8-5-14-16-13(2-1-9-20-16)15-10-19-11-21(14)15;2*21-12-5-3-11(4-6-12)16(22)8-14-17-13(2-1-7-19-17)15-9-18-10-20(14)15/h3*1-2,9-12,14,22H,3-8H2;2*1-2,7,9-12,14,16,21-22H,3-6,8H2. The van der Waals surface area contributed by atoms with Crippen LogP contribution in [0.25, 0.3) is 56.3 Å². The lowest BCUT2D eigenvalue weighted by atomic mass is 9.81. The van der Waals surface area contributed by atoms with E-state index in [4.69, 9.17) is 0 Å². The Labute approximate surface area is 639 Å². The molecule has 10 aromatic rings. The van der Waals surface area contributed by atoms with Crippen LogP contribution in [0.1, 0.15) is 238 Å². The van der Waals surface area contributed by atoms with Gasteiger partial charge in [0, 0.05) is 71.6 Å². The van der Waals surface area contributed by atoms with E-state index >= 15 is 0 Å². The van der Waals surface area contributed by atoms with Crippen LogP contribution < -0.4 is 0 Å². The van der Waals surface area contributed by atoms with E-state index in [1.165, 1.54) is 0 Å². The Morgan fingerprint density at radius 2 is 0.536 bits per heavy atom. The molecule has 0 radical (unpaired) electrons. The molecule has 7 unspecified atom stereocenters. The number of nitrogens with zero attached hydrogens (tertiary/aromatic N) is 15. The second-order valence-electron chi connectivity index (χ2n) is 32.7. The molecule has 0 spiro atoms. The van der Waals surface area contributed by atoms with Crippen molar-refractivity contribution >= 4 is 0 Å². The van der Waals surface area contributed by atoms with Crippen LogP contribution >= 0.6 is 0 Å². The van der Waals surface area contributed by atoms with E-state index in [2.05, 4.69) is 103 Å². The zero-order chi connectivity index (χ0) is 75.7. The minimum absolute atomic E-state index is 0.0653. The molecule has 22 nitrogen and oxygen atoms in total. The Morgan fingerprint density at radius 1 is 0.318 bits per heavy atom. The fourth-order valence-corrected chi connectivity index (χ4v) is 19.4. The zero-order valence-electron chi connectivity index (χ0n) is 62.3. The molecular weight excluding hydrogens is 1400 g/mol. The summed E-state index contributed by atoms with van der Waals surface area (Å²) in [5, 5.41) is 69.3. The molecule has 7 N–H and O–H groups in total. The molecule has 580 valence electrons. The molecule has 20 rings (SSSR count). The molecule has 5 fully saturated rings. The number of hydrogen-bond donors (Lipinski definition) is 7. The van der Waals surface area contributed by atoms with Gasteiger partial charge in [0.15, 0.2) is 0 Å². The Morgan fingerprint density at radius 3 is 0.782 bits per heavy atom. The second-order valence-corrected chi connectivity index (χ2v) is 32.7. The predicted octanol–water partition coefficient (Wildman–Crippen LogP) is 14.1. The summed E-state index contributed by atoms with van der Waals surface area (Å²) >= 11 is 0. The summed E-state index contributed by atoms with van der Waals surface area (Å²) in [6, 6.07) is 20.3. The fraction of sp³-hybridized carbons (Fsp3) is 0.529. The monoisotopic (exact) mass is 1500 g/mol. The molecule has 10 aliphatic rings. The molecule has 0 amide bonds. The number of hydrogen-bond acceptors (Lipinski definition) is 17. The topological polar surface area (TPSA) is 295 Å². The number of fused-ring (bicyclic) bond motifs is 15. The maximum atomic E-state index is 14.9. The number of pyridine rings is 5. The predicted molar refractivity (Wildman–Crippen MR) is 408 cm³/mol. The van der Waals surface area contributed by atoms with Crippen LogP contribution in [0.3, 0.4) is 0 Å². The van der Waals surface area contributed by atoms with Gasteiger partial charge in [-0.15, -0.1) is 0 Å². The average molecular weight is 1500 g/mol. The van der Waals surface area contributed by atoms with E-state index in [9.17, 15) is 48.9 Å². The van der Waals surface area contributed by atoms with E-state index in [1.54, 1.807) is 18.6 Å². The Bertz CT molecular complexity index is 4320. The third-order valence-electron chi connectivity index (χ3n) is 25.8. The van der Waals surface area contributed by atoms with Crippen LogP contribution in [0.2, 0.25) is 0 Å². The largest absolute Gasteiger partial charge is 0.393 e. The lowest BCUT2D eigenvalue weighted by molar-refractivity contribution is 0.0252. The van der Waals surface area contributed by atoms with Gasteiger partial charge in [-0.1, -0.05) is 0 Å². The van der Waals surface area contributed by atoms with Crippen molar-refractivity contribution < 1.29 is 48.9 Å². The van der Waals surface area contributed by atoms with Gasteiger partial charge in [-0.3, -0.25) is 24.9 Å². The highest BCUT2D eigenvalue weighted by Gasteiger charge is 2.43. The van der Waals surface area contributed by atoms with Crippen molar-refractivity contribution in [2.75, 3.05) is 0 Å². The summed E-state index contributed by atoms with van der Waals surface area (Å²) in [7, 11) is 0. The van der Waals surface area contributed by atoms with Crippen molar-refractivity contribution in [2.45, 2.75) is 270 Å². The van der Waals surface area contributed by atoms with Crippen molar-refractivity contribution in [1.82, 2.24) is 72.7 Å². The van der Waals surface area contributed by atoms with Crippen LogP contribution in [0.5, 0.6) is 0 Å².